The molecule has 19 heavy (non-hydrogen) atoms. The summed E-state index contributed by atoms with van der Waals surface area (Å²) < 4.78 is 0. The van der Waals surface area contributed by atoms with Gasteiger partial charge in [0.2, 0.25) is 0 Å². The van der Waals surface area contributed by atoms with Gasteiger partial charge in [-0.05, 0) is 35.1 Å². The van der Waals surface area contributed by atoms with Crippen molar-refractivity contribution in [2.45, 2.75) is 26.3 Å². The average Bonchev–Trinajstić information content (AvgIpc) is 2.60. The quantitative estimate of drug-likeness (QED) is 0.614. The maximum Gasteiger partial charge on any atom is 0.0409 e. The summed E-state index contributed by atoms with van der Waals surface area (Å²) >= 11 is 8.06. The van der Waals surface area contributed by atoms with Gasteiger partial charge in [0.15, 0.2) is 0 Å². The Kier molecular flexibility index (Phi) is 4.99. The molecule has 0 saturated carbocycles. The normalized spacial score (nSPS) is 20.3. The second kappa shape index (κ2) is 6.34. The minimum absolute atomic E-state index is 0.260. The van der Waals surface area contributed by atoms with Crippen LogP contribution in [0.5, 0.6) is 0 Å². The van der Waals surface area contributed by atoms with E-state index in [1.807, 2.05) is 23.9 Å². The van der Waals surface area contributed by atoms with Crippen LogP contribution in [-0.2, 0) is 6.42 Å². The molecular formula is C16H22ClNS. The molecule has 0 fully saturated rings. The van der Waals surface area contributed by atoms with Crippen molar-refractivity contribution >= 4 is 23.4 Å². The number of thioether (sulfide) groups is 1. The molecular weight excluding hydrogens is 274 g/mol. The third kappa shape index (κ3) is 3.56. The molecule has 1 nitrogen and oxygen atoms in total. The second-order valence-corrected chi connectivity index (χ2v) is 7.35. The van der Waals surface area contributed by atoms with Crippen molar-refractivity contribution in [3.05, 3.63) is 47.0 Å². The van der Waals surface area contributed by atoms with Crippen molar-refractivity contribution in [3.8, 4) is 0 Å². The summed E-state index contributed by atoms with van der Waals surface area (Å²) in [6.45, 7) is 9.43. The molecule has 2 rings (SSSR count). The first-order valence-electron chi connectivity index (χ1n) is 6.75. The van der Waals surface area contributed by atoms with Crippen molar-refractivity contribution in [1.82, 2.24) is 5.32 Å². The fourth-order valence-electron chi connectivity index (χ4n) is 2.84. The van der Waals surface area contributed by atoms with Gasteiger partial charge in [-0.3, -0.25) is 0 Å². The highest BCUT2D eigenvalue weighted by atomic mass is 35.5. The highest BCUT2D eigenvalue weighted by Gasteiger charge is 2.38. The smallest absolute Gasteiger partial charge is 0.0409 e. The molecule has 0 spiro atoms. The molecule has 0 saturated heterocycles. The van der Waals surface area contributed by atoms with Crippen LogP contribution < -0.4 is 5.32 Å². The third-order valence-electron chi connectivity index (χ3n) is 3.68. The summed E-state index contributed by atoms with van der Waals surface area (Å²) in [5, 5.41) is 4.54. The summed E-state index contributed by atoms with van der Waals surface area (Å²) in [7, 11) is 0. The Hall–Kier alpha value is -0.440. The molecule has 0 aliphatic heterocycles. The molecule has 0 heterocycles. The number of rotatable bonds is 6. The van der Waals surface area contributed by atoms with Crippen LogP contribution in [0.2, 0.25) is 5.02 Å². The van der Waals surface area contributed by atoms with E-state index in [0.29, 0.717) is 6.04 Å². The van der Waals surface area contributed by atoms with Gasteiger partial charge in [0, 0.05) is 29.1 Å². The topological polar surface area (TPSA) is 12.0 Å². The minimum Gasteiger partial charge on any atom is -0.309 e. The molecule has 1 N–H and O–H groups in total. The molecule has 3 heteroatoms. The summed E-state index contributed by atoms with van der Waals surface area (Å²) in [5.74, 6) is 2.15. The first-order chi connectivity index (χ1) is 9.04. The Morgan fingerprint density at radius 1 is 1.53 bits per heavy atom. The molecule has 1 aromatic rings. The van der Waals surface area contributed by atoms with E-state index in [4.69, 9.17) is 11.6 Å². The van der Waals surface area contributed by atoms with Crippen molar-refractivity contribution in [2.24, 2.45) is 5.41 Å². The first-order valence-corrected chi connectivity index (χ1v) is 8.28. The van der Waals surface area contributed by atoms with Gasteiger partial charge in [-0.15, -0.1) is 6.58 Å². The minimum atomic E-state index is 0.260. The Labute approximate surface area is 125 Å². The molecule has 0 radical (unpaired) electrons. The van der Waals surface area contributed by atoms with E-state index in [0.717, 1.165) is 29.5 Å². The van der Waals surface area contributed by atoms with Gasteiger partial charge < -0.3 is 5.32 Å². The van der Waals surface area contributed by atoms with Gasteiger partial charge in [-0.1, -0.05) is 37.6 Å². The van der Waals surface area contributed by atoms with Gasteiger partial charge in [-0.2, -0.15) is 11.8 Å². The number of fused-ring (bicyclic) bond motifs is 1. The monoisotopic (exact) mass is 295 g/mol. The van der Waals surface area contributed by atoms with E-state index in [2.05, 4.69) is 37.9 Å². The zero-order valence-corrected chi connectivity index (χ0v) is 13.3. The molecule has 1 unspecified atom stereocenters. The van der Waals surface area contributed by atoms with E-state index in [1.54, 1.807) is 0 Å². The zero-order chi connectivity index (χ0) is 13.9. The van der Waals surface area contributed by atoms with Gasteiger partial charge in [0.25, 0.3) is 0 Å². The number of nitrogens with one attached hydrogen (secondary N) is 1. The summed E-state index contributed by atoms with van der Waals surface area (Å²) in [4.78, 5) is 0. The first kappa shape index (κ1) is 15.0. The van der Waals surface area contributed by atoms with Gasteiger partial charge in [0.1, 0.15) is 0 Å². The van der Waals surface area contributed by atoms with Crippen molar-refractivity contribution in [2.75, 3.05) is 18.1 Å². The van der Waals surface area contributed by atoms with Crippen molar-refractivity contribution in [3.63, 3.8) is 0 Å². The average molecular weight is 296 g/mol. The van der Waals surface area contributed by atoms with E-state index in [9.17, 15) is 0 Å². The van der Waals surface area contributed by atoms with Gasteiger partial charge in [0.05, 0.1) is 0 Å². The molecule has 0 bridgehead atoms. The highest BCUT2D eigenvalue weighted by molar-refractivity contribution is 7.99. The molecule has 104 valence electrons. The van der Waals surface area contributed by atoms with Crippen LogP contribution in [0.4, 0.5) is 0 Å². The Balaban J connectivity index is 2.02. The third-order valence-corrected chi connectivity index (χ3v) is 4.88. The lowest BCUT2D eigenvalue weighted by Gasteiger charge is -2.28. The van der Waals surface area contributed by atoms with Crippen LogP contribution in [0.15, 0.2) is 30.9 Å². The Morgan fingerprint density at radius 3 is 3.05 bits per heavy atom. The summed E-state index contributed by atoms with van der Waals surface area (Å²) in [5.41, 5.74) is 3.08. The van der Waals surface area contributed by atoms with Crippen LogP contribution >= 0.6 is 23.4 Å². The standard InChI is InChI=1S/C16H22ClNS/c1-4-8-19-9-7-18-15-14-10-13(17)6-5-12(14)11-16(15,2)3/h4-6,10,15,18H,1,7-9,11H2,2-3H3. The van der Waals surface area contributed by atoms with E-state index in [-0.39, 0.29) is 5.41 Å². The lowest BCUT2D eigenvalue weighted by atomic mass is 9.85. The summed E-state index contributed by atoms with van der Waals surface area (Å²) in [6, 6.07) is 6.71. The van der Waals surface area contributed by atoms with Gasteiger partial charge in [-0.25, -0.2) is 0 Å². The molecule has 1 aliphatic rings. The second-order valence-electron chi connectivity index (χ2n) is 5.76. The largest absolute Gasteiger partial charge is 0.309 e. The highest BCUT2D eigenvalue weighted by Crippen LogP contribution is 2.45. The Morgan fingerprint density at radius 2 is 2.32 bits per heavy atom. The lowest BCUT2D eigenvalue weighted by molar-refractivity contribution is 0.274. The molecule has 1 aliphatic carbocycles. The summed E-state index contributed by atoms with van der Waals surface area (Å²) in [6.07, 6.45) is 3.08. The predicted octanol–water partition coefficient (Wildman–Crippen LogP) is 4.47. The number of hydrogen-bond acceptors (Lipinski definition) is 2. The van der Waals surface area contributed by atoms with E-state index >= 15 is 0 Å². The van der Waals surface area contributed by atoms with Gasteiger partial charge >= 0.3 is 0 Å². The Bertz CT molecular complexity index is 456. The maximum atomic E-state index is 6.14. The zero-order valence-electron chi connectivity index (χ0n) is 11.7. The van der Waals surface area contributed by atoms with E-state index < -0.39 is 0 Å². The number of benzene rings is 1. The maximum absolute atomic E-state index is 6.14. The fraction of sp³-hybridized carbons (Fsp3) is 0.500. The molecule has 0 aromatic heterocycles. The number of hydrogen-bond donors (Lipinski definition) is 1. The number of halogens is 1. The fourth-order valence-corrected chi connectivity index (χ4v) is 3.61. The van der Waals surface area contributed by atoms with Crippen LogP contribution in [0.3, 0.4) is 0 Å². The molecule has 0 amide bonds. The SMILES string of the molecule is C=CCSCCNC1c2cc(Cl)ccc2CC1(C)C. The van der Waals surface area contributed by atoms with Crippen LogP contribution in [0.25, 0.3) is 0 Å². The molecule has 1 aromatic carbocycles. The van der Waals surface area contributed by atoms with Crippen LogP contribution in [-0.4, -0.2) is 18.1 Å². The predicted molar refractivity (Wildman–Crippen MR) is 87.2 cm³/mol. The van der Waals surface area contributed by atoms with Crippen molar-refractivity contribution in [1.29, 1.82) is 0 Å². The molecule has 1 atom stereocenters. The van der Waals surface area contributed by atoms with E-state index in [1.165, 1.54) is 11.1 Å². The van der Waals surface area contributed by atoms with Crippen molar-refractivity contribution < 1.29 is 0 Å². The van der Waals surface area contributed by atoms with Crippen LogP contribution in [0, 0.1) is 5.41 Å². The van der Waals surface area contributed by atoms with Crippen LogP contribution in [0.1, 0.15) is 31.0 Å². The lowest BCUT2D eigenvalue weighted by Crippen LogP contribution is -2.32.